The molecule has 0 spiro atoms. The Morgan fingerprint density at radius 2 is 1.62 bits per heavy atom. The first-order chi connectivity index (χ1) is 17.2. The van der Waals surface area contributed by atoms with Gasteiger partial charge in [0.1, 0.15) is 11.6 Å². The number of benzene rings is 1. The van der Waals surface area contributed by atoms with E-state index in [1.807, 2.05) is 0 Å². The lowest BCUT2D eigenvalue weighted by atomic mass is 9.93. The number of halogens is 3. The van der Waals surface area contributed by atoms with Crippen LogP contribution in [0.5, 0.6) is 5.75 Å². The summed E-state index contributed by atoms with van der Waals surface area (Å²) in [6.07, 6.45) is 5.31. The van der Waals surface area contributed by atoms with Gasteiger partial charge >= 0.3 is 6.36 Å². The molecule has 2 aliphatic rings. The first-order valence-electron chi connectivity index (χ1n) is 12.2. The number of hydrogen-bond acceptors (Lipinski definition) is 7. The Bertz CT molecular complexity index is 1110. The SMILES string of the molecule is C.NC1CCC(O)CC1.OC1CCC(Nc2ccn3ncc(-c4cccc(OC(F)(F)F)c4)c3n2)CC1. The van der Waals surface area contributed by atoms with Crippen LogP contribution in [0.3, 0.4) is 0 Å². The highest BCUT2D eigenvalue weighted by Gasteiger charge is 2.31. The lowest BCUT2D eigenvalue weighted by Crippen LogP contribution is -2.28. The van der Waals surface area contributed by atoms with Gasteiger partial charge in [0.2, 0.25) is 0 Å². The molecule has 2 heterocycles. The minimum Gasteiger partial charge on any atom is -0.406 e. The molecule has 8 nitrogen and oxygen atoms in total. The van der Waals surface area contributed by atoms with Crippen LogP contribution >= 0.6 is 0 Å². The zero-order chi connectivity index (χ0) is 25.7. The molecule has 0 unspecified atom stereocenters. The van der Waals surface area contributed by atoms with E-state index in [1.54, 1.807) is 29.0 Å². The van der Waals surface area contributed by atoms with Crippen LogP contribution in [0.25, 0.3) is 16.8 Å². The van der Waals surface area contributed by atoms with Gasteiger partial charge in [0.15, 0.2) is 5.65 Å². The average Bonchev–Trinajstić information content (AvgIpc) is 3.25. The van der Waals surface area contributed by atoms with Crippen LogP contribution < -0.4 is 15.8 Å². The summed E-state index contributed by atoms with van der Waals surface area (Å²) < 4.78 is 43.1. The van der Waals surface area contributed by atoms with E-state index < -0.39 is 6.36 Å². The van der Waals surface area contributed by atoms with Crippen molar-refractivity contribution in [2.24, 2.45) is 5.73 Å². The predicted molar refractivity (Wildman–Crippen MR) is 136 cm³/mol. The number of fused-ring (bicyclic) bond motifs is 1. The Morgan fingerprint density at radius 3 is 2.24 bits per heavy atom. The average molecular weight is 524 g/mol. The molecule has 2 fully saturated rings. The zero-order valence-electron chi connectivity index (χ0n) is 19.9. The van der Waals surface area contributed by atoms with Gasteiger partial charge in [0, 0.05) is 23.8 Å². The van der Waals surface area contributed by atoms with Crippen molar-refractivity contribution in [1.82, 2.24) is 14.6 Å². The molecule has 1 aromatic carbocycles. The number of ether oxygens (including phenoxy) is 1. The van der Waals surface area contributed by atoms with Gasteiger partial charge in [-0.05, 0) is 75.1 Å². The van der Waals surface area contributed by atoms with Gasteiger partial charge in [-0.15, -0.1) is 13.2 Å². The van der Waals surface area contributed by atoms with Crippen LogP contribution in [0.4, 0.5) is 19.0 Å². The number of hydrogen-bond donors (Lipinski definition) is 4. The van der Waals surface area contributed by atoms with E-state index >= 15 is 0 Å². The third-order valence-electron chi connectivity index (χ3n) is 6.54. The lowest BCUT2D eigenvalue weighted by Gasteiger charge is -2.26. The molecule has 37 heavy (non-hydrogen) atoms. The van der Waals surface area contributed by atoms with E-state index in [4.69, 9.17) is 10.8 Å². The van der Waals surface area contributed by atoms with Gasteiger partial charge in [-0.2, -0.15) is 5.10 Å². The minimum atomic E-state index is -4.75. The maximum atomic E-state index is 12.5. The highest BCUT2D eigenvalue weighted by molar-refractivity contribution is 5.78. The molecule has 0 amide bonds. The fourth-order valence-corrected chi connectivity index (χ4v) is 4.54. The normalized spacial score (nSPS) is 23.9. The van der Waals surface area contributed by atoms with Crippen LogP contribution in [0, 0.1) is 0 Å². The van der Waals surface area contributed by atoms with E-state index in [-0.39, 0.29) is 31.4 Å². The van der Waals surface area contributed by atoms with E-state index in [2.05, 4.69) is 20.1 Å². The van der Waals surface area contributed by atoms with Crippen molar-refractivity contribution >= 4 is 11.5 Å². The highest BCUT2D eigenvalue weighted by Crippen LogP contribution is 2.30. The summed E-state index contributed by atoms with van der Waals surface area (Å²) in [6, 6.07) is 8.14. The molecular formula is C26H36F3N5O3. The Morgan fingerprint density at radius 1 is 0.973 bits per heavy atom. The molecule has 0 aliphatic heterocycles. The van der Waals surface area contributed by atoms with Gasteiger partial charge in [-0.3, -0.25) is 0 Å². The maximum Gasteiger partial charge on any atom is 0.573 e. The molecule has 0 atom stereocenters. The second-order valence-corrected chi connectivity index (χ2v) is 9.43. The minimum absolute atomic E-state index is 0. The fourth-order valence-electron chi connectivity index (χ4n) is 4.54. The molecular weight excluding hydrogens is 487 g/mol. The van der Waals surface area contributed by atoms with Gasteiger partial charge in [-0.25, -0.2) is 9.50 Å². The first kappa shape index (κ1) is 28.7. The van der Waals surface area contributed by atoms with Gasteiger partial charge < -0.3 is 26.0 Å². The number of aromatic nitrogens is 3. The Kier molecular flexibility index (Phi) is 9.74. The number of aliphatic hydroxyl groups excluding tert-OH is 2. The van der Waals surface area contributed by atoms with Crippen molar-refractivity contribution < 1.29 is 28.1 Å². The van der Waals surface area contributed by atoms with Crippen LogP contribution in [-0.4, -0.2) is 55.5 Å². The van der Waals surface area contributed by atoms with E-state index in [1.165, 1.54) is 18.2 Å². The molecule has 3 aromatic rings. The summed E-state index contributed by atoms with van der Waals surface area (Å²) in [7, 11) is 0. The van der Waals surface area contributed by atoms with Crippen molar-refractivity contribution in [3.05, 3.63) is 42.7 Å². The Balaban J connectivity index is 0.000000363. The number of alkyl halides is 3. The predicted octanol–water partition coefficient (Wildman–Crippen LogP) is 4.90. The molecule has 0 bridgehead atoms. The smallest absolute Gasteiger partial charge is 0.406 e. The zero-order valence-corrected chi connectivity index (χ0v) is 19.9. The standard InChI is InChI=1S/C19H19F3N4O2.C6H13NO.CH4/c20-19(21,22)28-15-3-1-2-12(10-15)16-11-23-26-9-8-17(25-18(16)26)24-13-4-6-14(27)7-5-13;7-5-1-3-6(8)4-2-5;/h1-3,8-11,13-14,27H,4-7H2,(H,24,25);5-6,8H,1-4,7H2;1H4. The summed E-state index contributed by atoms with van der Waals surface area (Å²) in [5.41, 5.74) is 7.25. The maximum absolute atomic E-state index is 12.5. The number of rotatable bonds is 4. The van der Waals surface area contributed by atoms with Crippen molar-refractivity contribution in [2.75, 3.05) is 5.32 Å². The monoisotopic (exact) mass is 523 g/mol. The van der Waals surface area contributed by atoms with Crippen LogP contribution in [0.1, 0.15) is 58.8 Å². The van der Waals surface area contributed by atoms with Crippen molar-refractivity contribution in [2.45, 2.75) is 89.4 Å². The van der Waals surface area contributed by atoms with Crippen LogP contribution in [0.2, 0.25) is 0 Å². The Labute approximate surface area is 214 Å². The molecule has 0 radical (unpaired) electrons. The summed E-state index contributed by atoms with van der Waals surface area (Å²) in [5, 5.41) is 26.2. The topological polar surface area (TPSA) is 118 Å². The fraction of sp³-hybridized carbons (Fsp3) is 0.538. The lowest BCUT2D eigenvalue weighted by molar-refractivity contribution is -0.274. The largest absolute Gasteiger partial charge is 0.573 e. The molecule has 0 saturated heterocycles. The molecule has 5 N–H and O–H groups in total. The second kappa shape index (κ2) is 12.6. The van der Waals surface area contributed by atoms with Crippen molar-refractivity contribution in [3.63, 3.8) is 0 Å². The second-order valence-electron chi connectivity index (χ2n) is 9.43. The van der Waals surface area contributed by atoms with Gasteiger partial charge in [0.25, 0.3) is 0 Å². The van der Waals surface area contributed by atoms with E-state index in [0.717, 1.165) is 51.4 Å². The third-order valence-corrected chi connectivity index (χ3v) is 6.54. The van der Waals surface area contributed by atoms with Crippen LogP contribution in [0.15, 0.2) is 42.7 Å². The molecule has 11 heteroatoms. The number of nitrogens with one attached hydrogen (secondary N) is 1. The van der Waals surface area contributed by atoms with Crippen molar-refractivity contribution in [3.8, 4) is 16.9 Å². The molecule has 2 aromatic heterocycles. The first-order valence-corrected chi connectivity index (χ1v) is 12.2. The molecule has 2 aliphatic carbocycles. The quantitative estimate of drug-likeness (QED) is 0.384. The highest BCUT2D eigenvalue weighted by atomic mass is 19.4. The summed E-state index contributed by atoms with van der Waals surface area (Å²) >= 11 is 0. The number of nitrogens with zero attached hydrogens (tertiary/aromatic N) is 3. The number of aliphatic hydroxyl groups is 2. The van der Waals surface area contributed by atoms with E-state index in [0.29, 0.717) is 28.6 Å². The number of anilines is 1. The summed E-state index contributed by atoms with van der Waals surface area (Å²) in [4.78, 5) is 4.59. The molecule has 2 saturated carbocycles. The molecule has 5 rings (SSSR count). The van der Waals surface area contributed by atoms with E-state index in [9.17, 15) is 18.3 Å². The van der Waals surface area contributed by atoms with Gasteiger partial charge in [0.05, 0.1) is 18.4 Å². The van der Waals surface area contributed by atoms with Crippen LogP contribution in [-0.2, 0) is 0 Å². The molecule has 204 valence electrons. The van der Waals surface area contributed by atoms with Gasteiger partial charge in [-0.1, -0.05) is 19.6 Å². The Hall–Kier alpha value is -2.89. The summed E-state index contributed by atoms with van der Waals surface area (Å²) in [6.45, 7) is 0. The number of nitrogens with two attached hydrogens (primary N) is 1. The third kappa shape index (κ3) is 8.31. The van der Waals surface area contributed by atoms with Crippen molar-refractivity contribution in [1.29, 1.82) is 0 Å². The summed E-state index contributed by atoms with van der Waals surface area (Å²) in [5.74, 6) is 0.373.